The Kier molecular flexibility index (Phi) is 6.33. The highest BCUT2D eigenvalue weighted by Crippen LogP contribution is 2.41. The van der Waals surface area contributed by atoms with Gasteiger partial charge in [0.25, 0.3) is 0 Å². The standard InChI is InChI=1S/C23H38B2O4/c1-20(2)21(3,4)27-24(26-20)16-12-15-19(18-13-10-9-11-14-18)17-25-28-22(5,6)23(7,8)29-25/h9-11,13-14,19H,12,15-17H2,1-8H3/t19-/m0/s1. The molecule has 0 N–H and O–H groups in total. The van der Waals surface area contributed by atoms with Crippen molar-refractivity contribution in [3.05, 3.63) is 35.9 Å². The lowest BCUT2D eigenvalue weighted by molar-refractivity contribution is 0.00578. The second-order valence-corrected chi connectivity index (χ2v) is 10.6. The summed E-state index contributed by atoms with van der Waals surface area (Å²) in [7, 11) is -0.310. The number of hydrogen-bond acceptors (Lipinski definition) is 4. The lowest BCUT2D eigenvalue weighted by Crippen LogP contribution is -2.41. The number of rotatable bonds is 7. The molecule has 0 spiro atoms. The summed E-state index contributed by atoms with van der Waals surface area (Å²) in [6, 6.07) is 10.7. The fraction of sp³-hybridized carbons (Fsp3) is 0.739. The Morgan fingerprint density at radius 2 is 1.14 bits per heavy atom. The molecule has 4 nitrogen and oxygen atoms in total. The van der Waals surface area contributed by atoms with E-state index in [0.717, 1.165) is 25.5 Å². The quantitative estimate of drug-likeness (QED) is 0.548. The van der Waals surface area contributed by atoms with Crippen LogP contribution in [0.4, 0.5) is 0 Å². The lowest BCUT2D eigenvalue weighted by Gasteiger charge is -2.32. The Labute approximate surface area is 178 Å². The average Bonchev–Trinajstić information content (AvgIpc) is 2.93. The summed E-state index contributed by atoms with van der Waals surface area (Å²) >= 11 is 0. The highest BCUT2D eigenvalue weighted by Gasteiger charge is 2.52. The van der Waals surface area contributed by atoms with E-state index in [1.807, 2.05) is 0 Å². The fourth-order valence-electron chi connectivity index (χ4n) is 4.05. The first-order valence-electron chi connectivity index (χ1n) is 11.1. The first-order valence-corrected chi connectivity index (χ1v) is 11.1. The summed E-state index contributed by atoms with van der Waals surface area (Å²) in [5.41, 5.74) is 0.234. The second-order valence-electron chi connectivity index (χ2n) is 10.6. The zero-order valence-corrected chi connectivity index (χ0v) is 19.6. The summed E-state index contributed by atoms with van der Waals surface area (Å²) in [5, 5.41) is 0. The van der Waals surface area contributed by atoms with Gasteiger partial charge in [-0.1, -0.05) is 36.8 Å². The fourth-order valence-corrected chi connectivity index (χ4v) is 4.05. The summed E-state index contributed by atoms with van der Waals surface area (Å²) in [6.07, 6.45) is 3.86. The first kappa shape index (κ1) is 22.9. The molecule has 0 aromatic heterocycles. The molecule has 1 aromatic carbocycles. The molecular formula is C23H38B2O4. The molecule has 2 saturated heterocycles. The molecular weight excluding hydrogens is 362 g/mol. The molecule has 0 radical (unpaired) electrons. The van der Waals surface area contributed by atoms with Crippen LogP contribution in [0.25, 0.3) is 0 Å². The predicted octanol–water partition coefficient (Wildman–Crippen LogP) is 5.73. The second kappa shape index (κ2) is 8.03. The largest absolute Gasteiger partial charge is 0.458 e. The molecule has 2 fully saturated rings. The molecule has 1 atom stereocenters. The van der Waals surface area contributed by atoms with Gasteiger partial charge in [-0.25, -0.2) is 0 Å². The molecule has 3 rings (SSSR count). The first-order chi connectivity index (χ1) is 13.3. The van der Waals surface area contributed by atoms with E-state index < -0.39 is 0 Å². The van der Waals surface area contributed by atoms with Crippen molar-refractivity contribution in [1.82, 2.24) is 0 Å². The van der Waals surface area contributed by atoms with Crippen molar-refractivity contribution in [2.75, 3.05) is 0 Å². The third-order valence-corrected chi connectivity index (χ3v) is 7.34. The molecule has 1 aromatic rings. The Morgan fingerprint density at radius 1 is 0.690 bits per heavy atom. The normalized spacial score (nSPS) is 25.4. The van der Waals surface area contributed by atoms with Crippen molar-refractivity contribution in [3.63, 3.8) is 0 Å². The van der Waals surface area contributed by atoms with Crippen LogP contribution in [0, 0.1) is 0 Å². The van der Waals surface area contributed by atoms with E-state index >= 15 is 0 Å². The summed E-state index contributed by atoms with van der Waals surface area (Å²) in [4.78, 5) is 0. The Morgan fingerprint density at radius 3 is 1.62 bits per heavy atom. The molecule has 160 valence electrons. The maximum Gasteiger partial charge on any atom is 0.458 e. The molecule has 0 aliphatic carbocycles. The van der Waals surface area contributed by atoms with Gasteiger partial charge in [0, 0.05) is 0 Å². The van der Waals surface area contributed by atoms with Crippen LogP contribution in [0.1, 0.15) is 79.7 Å². The topological polar surface area (TPSA) is 36.9 Å². The Bertz CT molecular complexity index is 655. The lowest BCUT2D eigenvalue weighted by atomic mass is 9.71. The van der Waals surface area contributed by atoms with Crippen LogP contribution in [-0.2, 0) is 18.6 Å². The van der Waals surface area contributed by atoms with Crippen LogP contribution in [-0.4, -0.2) is 36.6 Å². The van der Waals surface area contributed by atoms with E-state index in [0.29, 0.717) is 5.92 Å². The molecule has 6 heteroatoms. The third-order valence-electron chi connectivity index (χ3n) is 7.34. The van der Waals surface area contributed by atoms with Crippen LogP contribution in [0.3, 0.4) is 0 Å². The van der Waals surface area contributed by atoms with Crippen LogP contribution in [0.2, 0.25) is 12.6 Å². The van der Waals surface area contributed by atoms with E-state index in [2.05, 4.69) is 85.7 Å². The number of benzene rings is 1. The van der Waals surface area contributed by atoms with Crippen molar-refractivity contribution in [1.29, 1.82) is 0 Å². The van der Waals surface area contributed by atoms with E-state index in [9.17, 15) is 0 Å². The van der Waals surface area contributed by atoms with Crippen molar-refractivity contribution in [3.8, 4) is 0 Å². The van der Waals surface area contributed by atoms with Gasteiger partial charge in [-0.3, -0.25) is 0 Å². The predicted molar refractivity (Wildman–Crippen MR) is 120 cm³/mol. The van der Waals surface area contributed by atoms with Gasteiger partial charge < -0.3 is 18.6 Å². The average molecular weight is 400 g/mol. The van der Waals surface area contributed by atoms with Crippen molar-refractivity contribution in [2.45, 2.75) is 109 Å². The molecule has 2 heterocycles. The molecule has 0 amide bonds. The molecule has 29 heavy (non-hydrogen) atoms. The van der Waals surface area contributed by atoms with Crippen molar-refractivity contribution >= 4 is 14.2 Å². The zero-order chi connectivity index (χ0) is 21.5. The van der Waals surface area contributed by atoms with Crippen LogP contribution in [0.5, 0.6) is 0 Å². The van der Waals surface area contributed by atoms with Crippen molar-refractivity contribution < 1.29 is 18.6 Å². The van der Waals surface area contributed by atoms with Gasteiger partial charge in [-0.05, 0) is 85.9 Å². The van der Waals surface area contributed by atoms with E-state index in [4.69, 9.17) is 18.6 Å². The summed E-state index contributed by atoms with van der Waals surface area (Å²) in [5.74, 6) is 0.383. The Hall–Kier alpha value is -0.810. The van der Waals surface area contributed by atoms with Gasteiger partial charge in [-0.15, -0.1) is 0 Å². The molecule has 2 aliphatic rings. The van der Waals surface area contributed by atoms with Crippen LogP contribution >= 0.6 is 0 Å². The minimum atomic E-state index is -0.290. The van der Waals surface area contributed by atoms with Crippen LogP contribution in [0.15, 0.2) is 30.3 Å². The van der Waals surface area contributed by atoms with E-state index in [1.54, 1.807) is 0 Å². The van der Waals surface area contributed by atoms with Gasteiger partial charge in [-0.2, -0.15) is 0 Å². The monoisotopic (exact) mass is 400 g/mol. The molecule has 0 unspecified atom stereocenters. The minimum absolute atomic E-state index is 0.131. The molecule has 2 aliphatic heterocycles. The SMILES string of the molecule is CC1(C)OB(CCC[C@@H](CB2OC(C)(C)C(C)(C)O2)c2ccccc2)OC1(C)C. The van der Waals surface area contributed by atoms with Crippen LogP contribution < -0.4 is 0 Å². The minimum Gasteiger partial charge on any atom is -0.403 e. The Balaban J connectivity index is 1.61. The van der Waals surface area contributed by atoms with Gasteiger partial charge in [0.2, 0.25) is 0 Å². The van der Waals surface area contributed by atoms with E-state index in [-0.39, 0.29) is 36.6 Å². The van der Waals surface area contributed by atoms with E-state index in [1.165, 1.54) is 5.56 Å². The summed E-state index contributed by atoms with van der Waals surface area (Å²) < 4.78 is 24.9. The van der Waals surface area contributed by atoms with Gasteiger partial charge in [0.05, 0.1) is 22.4 Å². The van der Waals surface area contributed by atoms with Gasteiger partial charge in [0.15, 0.2) is 0 Å². The zero-order valence-electron chi connectivity index (χ0n) is 19.6. The van der Waals surface area contributed by atoms with Gasteiger partial charge >= 0.3 is 14.2 Å². The molecule has 0 bridgehead atoms. The maximum atomic E-state index is 6.28. The van der Waals surface area contributed by atoms with Gasteiger partial charge in [0.1, 0.15) is 0 Å². The molecule has 0 saturated carbocycles. The summed E-state index contributed by atoms with van der Waals surface area (Å²) in [6.45, 7) is 16.9. The van der Waals surface area contributed by atoms with Crippen molar-refractivity contribution in [2.24, 2.45) is 0 Å². The maximum absolute atomic E-state index is 6.28. The third kappa shape index (κ3) is 4.92. The highest BCUT2D eigenvalue weighted by molar-refractivity contribution is 6.46. The highest BCUT2D eigenvalue weighted by atomic mass is 16.7. The smallest absolute Gasteiger partial charge is 0.403 e. The number of hydrogen-bond donors (Lipinski definition) is 0.